The highest BCUT2D eigenvalue weighted by Crippen LogP contribution is 2.29. The van der Waals surface area contributed by atoms with Gasteiger partial charge in [-0.25, -0.2) is 4.39 Å². The number of nitro groups is 1. The maximum atomic E-state index is 13.9. The average Bonchev–Trinajstić information content (AvgIpc) is 2.97. The molecule has 0 aliphatic heterocycles. The van der Waals surface area contributed by atoms with E-state index < -0.39 is 16.6 Å². The number of benzene rings is 1. The summed E-state index contributed by atoms with van der Waals surface area (Å²) >= 11 is 0.879. The normalized spacial score (nSPS) is 10.7. The zero-order chi connectivity index (χ0) is 17.1. The Balaban J connectivity index is 2.39. The van der Waals surface area contributed by atoms with Crippen molar-refractivity contribution in [3.63, 3.8) is 0 Å². The molecule has 0 fully saturated rings. The maximum absolute atomic E-state index is 13.9. The Morgan fingerprint density at radius 3 is 2.57 bits per heavy atom. The molecule has 0 bridgehead atoms. The lowest BCUT2D eigenvalue weighted by molar-refractivity contribution is -0.380. The van der Waals surface area contributed by atoms with Crippen molar-refractivity contribution in [2.24, 2.45) is 0 Å². The highest BCUT2D eigenvalue weighted by atomic mass is 32.1. The minimum atomic E-state index is -0.584. The van der Waals surface area contributed by atoms with Gasteiger partial charge in [0.1, 0.15) is 0 Å². The van der Waals surface area contributed by atoms with Crippen molar-refractivity contribution in [3.8, 4) is 5.75 Å². The summed E-state index contributed by atoms with van der Waals surface area (Å²) in [6.07, 6.45) is 0. The topological polar surface area (TPSA) is 72.7 Å². The second kappa shape index (κ2) is 6.74. The van der Waals surface area contributed by atoms with E-state index in [9.17, 15) is 19.3 Å². The Hall–Kier alpha value is -2.48. The van der Waals surface area contributed by atoms with Crippen molar-refractivity contribution in [3.05, 3.63) is 51.1 Å². The number of methoxy groups -OCH3 is 1. The molecule has 0 radical (unpaired) electrons. The molecule has 1 aromatic carbocycles. The van der Waals surface area contributed by atoms with Gasteiger partial charge in [-0.05, 0) is 26.0 Å². The minimum absolute atomic E-state index is 0.0797. The molecular weight excluding hydrogens is 323 g/mol. The van der Waals surface area contributed by atoms with Gasteiger partial charge in [0.05, 0.1) is 17.6 Å². The van der Waals surface area contributed by atoms with Crippen LogP contribution in [0.25, 0.3) is 0 Å². The molecular formula is C15H15FN2O4S. The van der Waals surface area contributed by atoms with E-state index >= 15 is 0 Å². The smallest absolute Gasteiger partial charge is 0.324 e. The van der Waals surface area contributed by atoms with Crippen molar-refractivity contribution in [2.45, 2.75) is 19.9 Å². The molecule has 122 valence electrons. The van der Waals surface area contributed by atoms with E-state index in [1.165, 1.54) is 35.6 Å². The van der Waals surface area contributed by atoms with Crippen LogP contribution in [0.1, 0.15) is 24.2 Å². The first kappa shape index (κ1) is 16.9. The van der Waals surface area contributed by atoms with Crippen LogP contribution in [0.4, 0.5) is 15.1 Å². The number of anilines is 1. The van der Waals surface area contributed by atoms with Gasteiger partial charge >= 0.3 is 5.00 Å². The van der Waals surface area contributed by atoms with Gasteiger partial charge in [-0.1, -0.05) is 11.3 Å². The Morgan fingerprint density at radius 1 is 1.39 bits per heavy atom. The highest BCUT2D eigenvalue weighted by molar-refractivity contribution is 7.13. The number of amides is 1. The number of hydrogen-bond acceptors (Lipinski definition) is 5. The number of rotatable bonds is 5. The van der Waals surface area contributed by atoms with Gasteiger partial charge in [0.25, 0.3) is 5.91 Å². The van der Waals surface area contributed by atoms with Crippen LogP contribution in [0.3, 0.4) is 0 Å². The lowest BCUT2D eigenvalue weighted by atomic mass is 10.2. The number of hydrogen-bond donors (Lipinski definition) is 0. The number of carbonyl (C=O) groups excluding carboxylic acids is 1. The Bertz CT molecular complexity index is 745. The fourth-order valence-electron chi connectivity index (χ4n) is 2.13. The van der Waals surface area contributed by atoms with Crippen LogP contribution in [0.2, 0.25) is 0 Å². The second-order valence-electron chi connectivity index (χ2n) is 5.02. The lowest BCUT2D eigenvalue weighted by Crippen LogP contribution is -2.36. The van der Waals surface area contributed by atoms with E-state index in [0.717, 1.165) is 11.3 Å². The molecule has 0 aliphatic carbocycles. The summed E-state index contributed by atoms with van der Waals surface area (Å²) in [4.78, 5) is 24.2. The summed E-state index contributed by atoms with van der Waals surface area (Å²) < 4.78 is 18.8. The summed E-state index contributed by atoms with van der Waals surface area (Å²) in [5, 5.41) is 12.1. The third kappa shape index (κ3) is 3.48. The van der Waals surface area contributed by atoms with Gasteiger partial charge in [-0.3, -0.25) is 14.9 Å². The van der Waals surface area contributed by atoms with Gasteiger partial charge in [0, 0.05) is 29.2 Å². The summed E-state index contributed by atoms with van der Waals surface area (Å²) in [7, 11) is 1.36. The largest absolute Gasteiger partial charge is 0.494 e. The predicted octanol–water partition coefficient (Wildman–Crippen LogP) is 3.86. The Labute approximate surface area is 136 Å². The van der Waals surface area contributed by atoms with Gasteiger partial charge in [-0.2, -0.15) is 0 Å². The lowest BCUT2D eigenvalue weighted by Gasteiger charge is -2.26. The van der Waals surface area contributed by atoms with Crippen LogP contribution in [-0.4, -0.2) is 24.0 Å². The van der Waals surface area contributed by atoms with Crippen molar-refractivity contribution in [1.82, 2.24) is 0 Å². The Morgan fingerprint density at radius 2 is 2.09 bits per heavy atom. The summed E-state index contributed by atoms with van der Waals surface area (Å²) in [5.41, 5.74) is 0.559. The molecule has 0 aliphatic rings. The second-order valence-corrected chi connectivity index (χ2v) is 5.91. The Kier molecular flexibility index (Phi) is 4.95. The summed E-state index contributed by atoms with van der Waals surface area (Å²) in [6, 6.07) is 5.18. The van der Waals surface area contributed by atoms with Crippen LogP contribution in [0, 0.1) is 15.9 Å². The monoisotopic (exact) mass is 338 g/mol. The van der Waals surface area contributed by atoms with Crippen LogP contribution in [0.5, 0.6) is 5.75 Å². The number of carbonyl (C=O) groups is 1. The van der Waals surface area contributed by atoms with Crippen LogP contribution >= 0.6 is 11.3 Å². The SMILES string of the molecule is COc1ccc(N(C(=O)c2csc([N+](=O)[O-])c2)C(C)C)cc1F. The fourth-order valence-corrected chi connectivity index (χ4v) is 2.82. The quantitative estimate of drug-likeness (QED) is 0.613. The van der Waals surface area contributed by atoms with E-state index in [0.29, 0.717) is 5.69 Å². The number of thiophene rings is 1. The zero-order valence-corrected chi connectivity index (χ0v) is 13.6. The molecule has 1 amide bonds. The van der Waals surface area contributed by atoms with Crippen LogP contribution in [-0.2, 0) is 0 Å². The molecule has 0 atom stereocenters. The molecule has 1 heterocycles. The first-order valence-corrected chi connectivity index (χ1v) is 7.63. The molecule has 8 heteroatoms. The molecule has 2 rings (SSSR count). The molecule has 0 spiro atoms. The average molecular weight is 338 g/mol. The number of ether oxygens (including phenoxy) is 1. The van der Waals surface area contributed by atoms with E-state index in [1.54, 1.807) is 19.9 Å². The predicted molar refractivity (Wildman–Crippen MR) is 85.9 cm³/mol. The molecule has 0 saturated heterocycles. The third-order valence-corrected chi connectivity index (χ3v) is 4.04. The van der Waals surface area contributed by atoms with Gasteiger partial charge in [-0.15, -0.1) is 0 Å². The first-order valence-electron chi connectivity index (χ1n) is 6.75. The third-order valence-electron chi connectivity index (χ3n) is 3.16. The molecule has 2 aromatic rings. The van der Waals surface area contributed by atoms with Crippen molar-refractivity contribution in [1.29, 1.82) is 0 Å². The highest BCUT2D eigenvalue weighted by Gasteiger charge is 2.24. The van der Waals surface area contributed by atoms with Crippen molar-refractivity contribution < 1.29 is 18.8 Å². The van der Waals surface area contributed by atoms with Gasteiger partial charge < -0.3 is 9.64 Å². The molecule has 6 nitrogen and oxygen atoms in total. The fraction of sp³-hybridized carbons (Fsp3) is 0.267. The van der Waals surface area contributed by atoms with Gasteiger partial charge in [0.2, 0.25) is 0 Å². The van der Waals surface area contributed by atoms with Crippen LogP contribution in [0.15, 0.2) is 29.6 Å². The maximum Gasteiger partial charge on any atom is 0.324 e. The van der Waals surface area contributed by atoms with E-state index in [1.807, 2.05) is 0 Å². The van der Waals surface area contributed by atoms with E-state index in [-0.39, 0.29) is 22.4 Å². The molecule has 1 aromatic heterocycles. The van der Waals surface area contributed by atoms with E-state index in [4.69, 9.17) is 4.74 Å². The van der Waals surface area contributed by atoms with Gasteiger partial charge in [0.15, 0.2) is 11.6 Å². The molecule has 0 unspecified atom stereocenters. The standard InChI is InChI=1S/C15H15FN2O4S/c1-9(2)17(11-4-5-13(22-3)12(16)7-11)15(19)10-6-14(18(20)21)23-8-10/h4-9H,1-3H3. The van der Waals surface area contributed by atoms with E-state index in [2.05, 4.69) is 0 Å². The zero-order valence-electron chi connectivity index (χ0n) is 12.8. The minimum Gasteiger partial charge on any atom is -0.494 e. The van der Waals surface area contributed by atoms with Crippen LogP contribution < -0.4 is 9.64 Å². The molecule has 0 saturated carbocycles. The van der Waals surface area contributed by atoms with Crippen molar-refractivity contribution in [2.75, 3.05) is 12.0 Å². The molecule has 23 heavy (non-hydrogen) atoms. The number of nitrogens with zero attached hydrogens (tertiary/aromatic N) is 2. The molecule has 0 N–H and O–H groups in total. The number of halogens is 1. The van der Waals surface area contributed by atoms with Crippen molar-refractivity contribution >= 4 is 27.9 Å². The first-order chi connectivity index (χ1) is 10.8. The summed E-state index contributed by atoms with van der Waals surface area (Å²) in [5.74, 6) is -0.926. The summed E-state index contributed by atoms with van der Waals surface area (Å²) in [6.45, 7) is 3.56.